The van der Waals surface area contributed by atoms with Crippen molar-refractivity contribution >= 4 is 16.7 Å². The summed E-state index contributed by atoms with van der Waals surface area (Å²) >= 11 is 0. The first-order chi connectivity index (χ1) is 10.3. The molecule has 0 unspecified atom stereocenters. The van der Waals surface area contributed by atoms with E-state index in [1.807, 2.05) is 24.3 Å². The zero-order valence-corrected chi connectivity index (χ0v) is 12.5. The average Bonchev–Trinajstić information content (AvgIpc) is 2.52. The van der Waals surface area contributed by atoms with Crippen LogP contribution in [0.3, 0.4) is 0 Å². The minimum absolute atomic E-state index is 0.491. The molecule has 21 heavy (non-hydrogen) atoms. The minimum atomic E-state index is 0.491. The maximum Gasteiger partial charge on any atom is 0.188 e. The molecule has 0 radical (unpaired) electrons. The maximum absolute atomic E-state index is 5.82. The van der Waals surface area contributed by atoms with Gasteiger partial charge in [0.15, 0.2) is 5.96 Å². The van der Waals surface area contributed by atoms with E-state index >= 15 is 0 Å². The van der Waals surface area contributed by atoms with Gasteiger partial charge in [-0.15, -0.1) is 0 Å². The summed E-state index contributed by atoms with van der Waals surface area (Å²) in [6, 6.07) is 14.3. The van der Waals surface area contributed by atoms with Gasteiger partial charge in [-0.1, -0.05) is 49.7 Å². The zero-order valence-electron chi connectivity index (χ0n) is 12.5. The van der Waals surface area contributed by atoms with E-state index in [2.05, 4.69) is 35.4 Å². The Morgan fingerprint density at radius 1 is 1.19 bits per heavy atom. The quantitative estimate of drug-likeness (QED) is 0.467. The van der Waals surface area contributed by atoms with Crippen LogP contribution >= 0.6 is 0 Å². The second-order valence-electron chi connectivity index (χ2n) is 4.87. The van der Waals surface area contributed by atoms with Crippen molar-refractivity contribution in [3.05, 3.63) is 42.5 Å². The second kappa shape index (κ2) is 8.15. The number of benzene rings is 2. The monoisotopic (exact) mass is 285 g/mol. The normalized spacial score (nSPS) is 11.6. The molecule has 2 aromatic rings. The van der Waals surface area contributed by atoms with Gasteiger partial charge in [0.25, 0.3) is 0 Å². The molecular formula is C17H23N3O. The SMILES string of the molecule is CCCCN=C(N)NCCOc1cccc2ccccc12. The summed E-state index contributed by atoms with van der Waals surface area (Å²) < 4.78 is 5.82. The number of hydrogen-bond acceptors (Lipinski definition) is 2. The Bertz CT molecular complexity index is 590. The summed E-state index contributed by atoms with van der Waals surface area (Å²) in [4.78, 5) is 4.24. The standard InChI is InChI=1S/C17H23N3O/c1-2-3-11-19-17(18)20-12-13-21-16-10-6-8-14-7-4-5-9-15(14)16/h4-10H,2-3,11-13H2,1H3,(H3,18,19,20). The molecule has 0 aliphatic heterocycles. The van der Waals surface area contributed by atoms with Crippen molar-refractivity contribution in [2.24, 2.45) is 10.7 Å². The Morgan fingerprint density at radius 3 is 2.86 bits per heavy atom. The number of nitrogens with one attached hydrogen (secondary N) is 1. The van der Waals surface area contributed by atoms with Crippen LogP contribution in [0.15, 0.2) is 47.5 Å². The van der Waals surface area contributed by atoms with Crippen LogP contribution in [0.25, 0.3) is 10.8 Å². The van der Waals surface area contributed by atoms with Crippen LogP contribution < -0.4 is 15.8 Å². The van der Waals surface area contributed by atoms with Gasteiger partial charge in [-0.25, -0.2) is 0 Å². The van der Waals surface area contributed by atoms with Crippen molar-refractivity contribution < 1.29 is 4.74 Å². The number of rotatable bonds is 7. The fourth-order valence-electron chi connectivity index (χ4n) is 2.08. The summed E-state index contributed by atoms with van der Waals surface area (Å²) in [5, 5.41) is 5.38. The van der Waals surface area contributed by atoms with Crippen molar-refractivity contribution in [2.75, 3.05) is 19.7 Å². The number of aliphatic imine (C=N–C) groups is 1. The summed E-state index contributed by atoms with van der Waals surface area (Å²) in [6.07, 6.45) is 2.19. The smallest absolute Gasteiger partial charge is 0.188 e. The number of fused-ring (bicyclic) bond motifs is 1. The first kappa shape index (κ1) is 15.2. The molecule has 0 aromatic heterocycles. The molecule has 4 nitrogen and oxygen atoms in total. The number of guanidine groups is 1. The van der Waals surface area contributed by atoms with Crippen LogP contribution in [-0.2, 0) is 0 Å². The molecule has 3 N–H and O–H groups in total. The largest absolute Gasteiger partial charge is 0.491 e. The highest BCUT2D eigenvalue weighted by Gasteiger charge is 2.00. The van der Waals surface area contributed by atoms with Crippen molar-refractivity contribution in [3.63, 3.8) is 0 Å². The summed E-state index contributed by atoms with van der Waals surface area (Å²) in [5.74, 6) is 1.39. The molecule has 0 spiro atoms. The Kier molecular flexibility index (Phi) is 5.88. The van der Waals surface area contributed by atoms with Crippen molar-refractivity contribution in [1.29, 1.82) is 0 Å². The topological polar surface area (TPSA) is 59.6 Å². The fraction of sp³-hybridized carbons (Fsp3) is 0.353. The van der Waals surface area contributed by atoms with Gasteiger partial charge in [0, 0.05) is 11.9 Å². The molecule has 0 fully saturated rings. The van der Waals surface area contributed by atoms with Gasteiger partial charge in [-0.2, -0.15) is 0 Å². The lowest BCUT2D eigenvalue weighted by Gasteiger charge is -2.10. The van der Waals surface area contributed by atoms with Gasteiger partial charge in [0.05, 0.1) is 6.54 Å². The van der Waals surface area contributed by atoms with Crippen LogP contribution in [0.5, 0.6) is 5.75 Å². The van der Waals surface area contributed by atoms with Crippen LogP contribution in [0.4, 0.5) is 0 Å². The fourth-order valence-corrected chi connectivity index (χ4v) is 2.08. The van der Waals surface area contributed by atoms with Crippen molar-refractivity contribution in [2.45, 2.75) is 19.8 Å². The second-order valence-corrected chi connectivity index (χ2v) is 4.87. The van der Waals surface area contributed by atoms with Crippen LogP contribution in [0.1, 0.15) is 19.8 Å². The lowest BCUT2D eigenvalue weighted by molar-refractivity contribution is 0.326. The zero-order chi connectivity index (χ0) is 14.9. The predicted octanol–water partition coefficient (Wildman–Crippen LogP) is 2.92. The molecule has 0 aliphatic carbocycles. The molecule has 2 aromatic carbocycles. The molecule has 0 atom stereocenters. The Hall–Kier alpha value is -2.23. The predicted molar refractivity (Wildman–Crippen MR) is 88.8 cm³/mol. The Morgan fingerprint density at radius 2 is 2.00 bits per heavy atom. The third kappa shape index (κ3) is 4.67. The molecule has 4 heteroatoms. The van der Waals surface area contributed by atoms with Crippen LogP contribution in [0.2, 0.25) is 0 Å². The number of ether oxygens (including phenoxy) is 1. The van der Waals surface area contributed by atoms with Crippen LogP contribution in [-0.4, -0.2) is 25.7 Å². The Balaban J connectivity index is 1.81. The van der Waals surface area contributed by atoms with Gasteiger partial charge in [-0.05, 0) is 17.9 Å². The van der Waals surface area contributed by atoms with Crippen LogP contribution in [0, 0.1) is 0 Å². The molecule has 0 saturated carbocycles. The number of unbranched alkanes of at least 4 members (excludes halogenated alkanes) is 1. The van der Waals surface area contributed by atoms with Gasteiger partial charge in [0.2, 0.25) is 0 Å². The third-order valence-corrected chi connectivity index (χ3v) is 3.21. The first-order valence-electron chi connectivity index (χ1n) is 7.45. The molecule has 2 rings (SSSR count). The first-order valence-corrected chi connectivity index (χ1v) is 7.45. The number of hydrogen-bond donors (Lipinski definition) is 2. The Labute approximate surface area is 126 Å². The summed E-state index contributed by atoms with van der Waals surface area (Å²) in [7, 11) is 0. The maximum atomic E-state index is 5.82. The van der Waals surface area contributed by atoms with Gasteiger partial charge >= 0.3 is 0 Å². The number of nitrogens with two attached hydrogens (primary N) is 1. The number of nitrogens with zero attached hydrogens (tertiary/aromatic N) is 1. The molecule has 0 aliphatic rings. The lowest BCUT2D eigenvalue weighted by Crippen LogP contribution is -2.34. The highest BCUT2D eigenvalue weighted by molar-refractivity contribution is 5.88. The van der Waals surface area contributed by atoms with Crippen molar-refractivity contribution in [3.8, 4) is 5.75 Å². The van der Waals surface area contributed by atoms with Gasteiger partial charge < -0.3 is 15.8 Å². The van der Waals surface area contributed by atoms with Gasteiger partial charge in [0.1, 0.15) is 12.4 Å². The molecular weight excluding hydrogens is 262 g/mol. The van der Waals surface area contributed by atoms with E-state index in [0.29, 0.717) is 19.1 Å². The third-order valence-electron chi connectivity index (χ3n) is 3.21. The summed E-state index contributed by atoms with van der Waals surface area (Å²) in [6.45, 7) is 4.11. The molecule has 0 bridgehead atoms. The highest BCUT2D eigenvalue weighted by atomic mass is 16.5. The molecule has 112 valence electrons. The van der Waals surface area contributed by atoms with E-state index in [9.17, 15) is 0 Å². The van der Waals surface area contributed by atoms with E-state index in [4.69, 9.17) is 10.5 Å². The van der Waals surface area contributed by atoms with E-state index in [-0.39, 0.29) is 0 Å². The van der Waals surface area contributed by atoms with E-state index < -0.39 is 0 Å². The minimum Gasteiger partial charge on any atom is -0.491 e. The van der Waals surface area contributed by atoms with E-state index in [1.165, 1.54) is 5.39 Å². The van der Waals surface area contributed by atoms with E-state index in [0.717, 1.165) is 30.5 Å². The summed E-state index contributed by atoms with van der Waals surface area (Å²) in [5.41, 5.74) is 5.77. The molecule has 0 amide bonds. The molecule has 0 saturated heterocycles. The van der Waals surface area contributed by atoms with E-state index in [1.54, 1.807) is 0 Å². The average molecular weight is 285 g/mol. The van der Waals surface area contributed by atoms with Gasteiger partial charge in [-0.3, -0.25) is 4.99 Å². The van der Waals surface area contributed by atoms with Crippen molar-refractivity contribution in [1.82, 2.24) is 5.32 Å². The lowest BCUT2D eigenvalue weighted by atomic mass is 10.1. The molecule has 0 heterocycles. The highest BCUT2D eigenvalue weighted by Crippen LogP contribution is 2.24.